The Morgan fingerprint density at radius 2 is 2.16 bits per heavy atom. The quantitative estimate of drug-likeness (QED) is 0.418. The standard InChI is InChI=1S/C12H8N4O2S/c17-16(18)12-6-5-10(19-12)7-13-15-8-9-3-1-2-4-11(9)14-15/h1-8H/b13-7+. The van der Waals surface area contributed by atoms with E-state index in [1.54, 1.807) is 18.5 Å². The van der Waals surface area contributed by atoms with Crippen LogP contribution in [0, 0.1) is 10.1 Å². The van der Waals surface area contributed by atoms with Crippen molar-refractivity contribution in [1.29, 1.82) is 0 Å². The Morgan fingerprint density at radius 1 is 1.32 bits per heavy atom. The number of benzene rings is 1. The molecule has 0 aliphatic heterocycles. The molecular formula is C12H8N4O2S. The molecule has 0 saturated carbocycles. The SMILES string of the molecule is O=[N+]([O-])c1ccc(/C=N/n2cc3ccccc3n2)s1. The minimum atomic E-state index is -0.412. The zero-order valence-corrected chi connectivity index (χ0v) is 10.4. The summed E-state index contributed by atoms with van der Waals surface area (Å²) in [5, 5.41) is 20.1. The highest BCUT2D eigenvalue weighted by Gasteiger charge is 2.08. The summed E-state index contributed by atoms with van der Waals surface area (Å²) in [5.74, 6) is 0. The predicted molar refractivity (Wildman–Crippen MR) is 73.7 cm³/mol. The third-order valence-electron chi connectivity index (χ3n) is 2.50. The van der Waals surface area contributed by atoms with Gasteiger partial charge in [-0.3, -0.25) is 10.1 Å². The van der Waals surface area contributed by atoms with Gasteiger partial charge in [0.2, 0.25) is 0 Å². The smallest absolute Gasteiger partial charge is 0.258 e. The van der Waals surface area contributed by atoms with Gasteiger partial charge in [0.25, 0.3) is 0 Å². The second-order valence-corrected chi connectivity index (χ2v) is 4.88. The van der Waals surface area contributed by atoms with E-state index in [1.807, 2.05) is 24.3 Å². The van der Waals surface area contributed by atoms with Crippen LogP contribution in [0.15, 0.2) is 47.7 Å². The van der Waals surface area contributed by atoms with Crippen LogP contribution in [0.25, 0.3) is 10.9 Å². The highest BCUT2D eigenvalue weighted by atomic mass is 32.1. The van der Waals surface area contributed by atoms with E-state index in [0.717, 1.165) is 22.2 Å². The Bertz CT molecular complexity index is 742. The molecule has 94 valence electrons. The lowest BCUT2D eigenvalue weighted by atomic mass is 10.3. The zero-order chi connectivity index (χ0) is 13.2. The topological polar surface area (TPSA) is 73.3 Å². The molecule has 0 unspecified atom stereocenters. The predicted octanol–water partition coefficient (Wildman–Crippen LogP) is 2.89. The summed E-state index contributed by atoms with van der Waals surface area (Å²) in [5.41, 5.74) is 0.858. The number of thiophene rings is 1. The van der Waals surface area contributed by atoms with Gasteiger partial charge in [-0.15, -0.1) is 0 Å². The lowest BCUT2D eigenvalue weighted by molar-refractivity contribution is -0.380. The Balaban J connectivity index is 1.86. The number of hydrogen-bond acceptors (Lipinski definition) is 5. The summed E-state index contributed by atoms with van der Waals surface area (Å²) in [6.45, 7) is 0. The number of nitro groups is 1. The molecule has 0 amide bonds. The highest BCUT2D eigenvalue weighted by Crippen LogP contribution is 2.22. The number of rotatable bonds is 3. The van der Waals surface area contributed by atoms with Crippen LogP contribution in [0.1, 0.15) is 4.88 Å². The Morgan fingerprint density at radius 3 is 2.89 bits per heavy atom. The van der Waals surface area contributed by atoms with Crippen LogP contribution >= 0.6 is 11.3 Å². The summed E-state index contributed by atoms with van der Waals surface area (Å²) in [7, 11) is 0. The van der Waals surface area contributed by atoms with Gasteiger partial charge in [-0.1, -0.05) is 29.5 Å². The van der Waals surface area contributed by atoms with Gasteiger partial charge in [-0.05, 0) is 12.1 Å². The lowest BCUT2D eigenvalue weighted by Crippen LogP contribution is -1.89. The molecule has 0 aliphatic rings. The Labute approximate surface area is 111 Å². The van der Waals surface area contributed by atoms with Crippen molar-refractivity contribution in [3.05, 3.63) is 57.6 Å². The summed E-state index contributed by atoms with van der Waals surface area (Å²) >= 11 is 1.08. The Kier molecular flexibility index (Phi) is 2.81. The maximum absolute atomic E-state index is 10.6. The van der Waals surface area contributed by atoms with Gasteiger partial charge >= 0.3 is 5.00 Å². The molecule has 1 aromatic carbocycles. The number of nitrogens with zero attached hydrogens (tertiary/aromatic N) is 4. The molecule has 0 fully saturated rings. The summed E-state index contributed by atoms with van der Waals surface area (Å²) in [4.78, 5) is 12.3. The van der Waals surface area contributed by atoms with Crippen LogP contribution in [0.4, 0.5) is 5.00 Å². The average molecular weight is 272 g/mol. The van der Waals surface area contributed by atoms with E-state index in [1.165, 1.54) is 10.9 Å². The maximum atomic E-state index is 10.6. The van der Waals surface area contributed by atoms with Gasteiger partial charge in [0.1, 0.15) is 0 Å². The minimum absolute atomic E-state index is 0.104. The van der Waals surface area contributed by atoms with Gasteiger partial charge in [-0.25, -0.2) is 0 Å². The van der Waals surface area contributed by atoms with Crippen molar-refractivity contribution in [2.45, 2.75) is 0 Å². The molecule has 19 heavy (non-hydrogen) atoms. The summed E-state index contributed by atoms with van der Waals surface area (Å²) in [6.07, 6.45) is 3.36. The molecule has 2 aromatic heterocycles. The lowest BCUT2D eigenvalue weighted by Gasteiger charge is -1.87. The average Bonchev–Trinajstić information content (AvgIpc) is 3.02. The van der Waals surface area contributed by atoms with E-state index >= 15 is 0 Å². The van der Waals surface area contributed by atoms with E-state index in [-0.39, 0.29) is 5.00 Å². The third kappa shape index (κ3) is 2.36. The summed E-state index contributed by atoms with van der Waals surface area (Å²) < 4.78 is 0. The molecule has 0 saturated heterocycles. The largest absolute Gasteiger partial charge is 0.324 e. The molecule has 6 nitrogen and oxygen atoms in total. The van der Waals surface area contributed by atoms with Crippen LogP contribution in [0.5, 0.6) is 0 Å². The molecule has 0 bridgehead atoms. The van der Waals surface area contributed by atoms with Crippen LogP contribution in [-0.4, -0.2) is 21.0 Å². The monoisotopic (exact) mass is 272 g/mol. The maximum Gasteiger partial charge on any atom is 0.324 e. The van der Waals surface area contributed by atoms with Gasteiger partial charge in [0.05, 0.1) is 27.7 Å². The van der Waals surface area contributed by atoms with Crippen molar-refractivity contribution >= 4 is 33.5 Å². The first-order valence-corrected chi connectivity index (χ1v) is 6.27. The minimum Gasteiger partial charge on any atom is -0.258 e. The van der Waals surface area contributed by atoms with E-state index in [4.69, 9.17) is 0 Å². The molecule has 2 heterocycles. The van der Waals surface area contributed by atoms with E-state index in [0.29, 0.717) is 4.88 Å². The molecule has 0 aliphatic carbocycles. The molecule has 0 spiro atoms. The highest BCUT2D eigenvalue weighted by molar-refractivity contribution is 7.16. The molecule has 3 aromatic rings. The molecule has 0 radical (unpaired) electrons. The second-order valence-electron chi connectivity index (χ2n) is 3.79. The first kappa shape index (κ1) is 11.5. The summed E-state index contributed by atoms with van der Waals surface area (Å²) in [6, 6.07) is 10.8. The van der Waals surface area contributed by atoms with Crippen LogP contribution in [0.2, 0.25) is 0 Å². The van der Waals surface area contributed by atoms with Crippen molar-refractivity contribution < 1.29 is 4.92 Å². The molecule has 0 N–H and O–H groups in total. The fraction of sp³-hybridized carbons (Fsp3) is 0. The zero-order valence-electron chi connectivity index (χ0n) is 9.63. The van der Waals surface area contributed by atoms with Gasteiger partial charge in [-0.2, -0.15) is 15.0 Å². The van der Waals surface area contributed by atoms with E-state index in [2.05, 4.69) is 10.2 Å². The van der Waals surface area contributed by atoms with Crippen LogP contribution in [0.3, 0.4) is 0 Å². The van der Waals surface area contributed by atoms with E-state index in [9.17, 15) is 10.1 Å². The molecular weight excluding hydrogens is 264 g/mol. The first-order valence-electron chi connectivity index (χ1n) is 5.45. The van der Waals surface area contributed by atoms with Crippen molar-refractivity contribution in [1.82, 2.24) is 9.89 Å². The van der Waals surface area contributed by atoms with Crippen molar-refractivity contribution in [3.8, 4) is 0 Å². The van der Waals surface area contributed by atoms with Gasteiger partial charge in [0.15, 0.2) is 0 Å². The fourth-order valence-electron chi connectivity index (χ4n) is 1.64. The first-order chi connectivity index (χ1) is 9.22. The van der Waals surface area contributed by atoms with Crippen LogP contribution in [-0.2, 0) is 0 Å². The fourth-order valence-corrected chi connectivity index (χ4v) is 2.32. The molecule has 7 heteroatoms. The van der Waals surface area contributed by atoms with Gasteiger partial charge < -0.3 is 0 Å². The van der Waals surface area contributed by atoms with Crippen LogP contribution < -0.4 is 0 Å². The molecule has 3 rings (SSSR count). The van der Waals surface area contributed by atoms with Crippen molar-refractivity contribution in [2.24, 2.45) is 5.10 Å². The number of fused-ring (bicyclic) bond motifs is 1. The number of aromatic nitrogens is 2. The third-order valence-corrected chi connectivity index (χ3v) is 3.47. The normalized spacial score (nSPS) is 11.4. The van der Waals surface area contributed by atoms with Gasteiger partial charge in [0, 0.05) is 11.5 Å². The van der Waals surface area contributed by atoms with E-state index < -0.39 is 4.92 Å². The number of hydrogen-bond donors (Lipinski definition) is 0. The molecule has 0 atom stereocenters. The Hall–Kier alpha value is -2.54. The van der Waals surface area contributed by atoms with Crippen molar-refractivity contribution in [3.63, 3.8) is 0 Å². The van der Waals surface area contributed by atoms with Crippen molar-refractivity contribution in [2.75, 3.05) is 0 Å². The second kappa shape index (κ2) is 4.62.